The lowest BCUT2D eigenvalue weighted by Gasteiger charge is -2.13. The molecular weight excluding hydrogens is 169 g/mol. The molecule has 1 aromatic rings. The average Bonchev–Trinajstić information content (AvgIpc) is 2.13. The third-order valence-corrected chi connectivity index (χ3v) is 2.16. The topological polar surface area (TPSA) is 32.3 Å². The molecule has 13 heavy (non-hydrogen) atoms. The van der Waals surface area contributed by atoms with Crippen molar-refractivity contribution in [1.82, 2.24) is 5.48 Å². The van der Waals surface area contributed by atoms with Gasteiger partial charge >= 0.3 is 0 Å². The summed E-state index contributed by atoms with van der Waals surface area (Å²) in [5, 5.41) is 8.77. The van der Waals surface area contributed by atoms with Gasteiger partial charge < -0.3 is 5.21 Å². The second-order valence-corrected chi connectivity index (χ2v) is 3.10. The first-order valence-corrected chi connectivity index (χ1v) is 4.34. The van der Waals surface area contributed by atoms with Crippen molar-refractivity contribution in [3.05, 3.63) is 35.1 Å². The highest BCUT2D eigenvalue weighted by Gasteiger charge is 2.08. The van der Waals surface area contributed by atoms with E-state index in [2.05, 4.69) is 5.48 Å². The fraction of sp³-hybridized carbons (Fsp3) is 0.400. The molecule has 0 heterocycles. The van der Waals surface area contributed by atoms with Crippen LogP contribution in [0.5, 0.6) is 0 Å². The maximum Gasteiger partial charge on any atom is 0.126 e. The van der Waals surface area contributed by atoms with E-state index >= 15 is 0 Å². The fourth-order valence-corrected chi connectivity index (χ4v) is 1.23. The third-order valence-electron chi connectivity index (χ3n) is 2.16. The second-order valence-electron chi connectivity index (χ2n) is 3.10. The molecule has 1 unspecified atom stereocenters. The zero-order chi connectivity index (χ0) is 9.84. The van der Waals surface area contributed by atoms with Gasteiger partial charge in [-0.25, -0.2) is 4.39 Å². The Bertz CT molecular complexity index is 284. The highest BCUT2D eigenvalue weighted by molar-refractivity contribution is 5.25. The number of rotatable bonds is 3. The number of hydrogen-bond acceptors (Lipinski definition) is 2. The zero-order valence-corrected chi connectivity index (χ0v) is 7.84. The van der Waals surface area contributed by atoms with Gasteiger partial charge in [0.25, 0.3) is 0 Å². The normalized spacial score (nSPS) is 12.9. The number of hydroxylamine groups is 1. The first-order chi connectivity index (χ1) is 6.19. The molecule has 0 aliphatic heterocycles. The molecule has 1 atom stereocenters. The molecule has 0 bridgehead atoms. The molecule has 0 fully saturated rings. The molecule has 2 N–H and O–H groups in total. The number of nitrogens with one attached hydrogen (secondary N) is 1. The maximum absolute atomic E-state index is 13.1. The highest BCUT2D eigenvalue weighted by Crippen LogP contribution is 2.18. The van der Waals surface area contributed by atoms with Crippen LogP contribution in [-0.2, 0) is 0 Å². The Labute approximate surface area is 77.4 Å². The van der Waals surface area contributed by atoms with Crippen molar-refractivity contribution in [3.63, 3.8) is 0 Å². The molecule has 0 amide bonds. The smallest absolute Gasteiger partial charge is 0.126 e. The van der Waals surface area contributed by atoms with Crippen molar-refractivity contribution >= 4 is 0 Å². The number of halogens is 1. The second kappa shape index (κ2) is 4.35. The van der Waals surface area contributed by atoms with Gasteiger partial charge in [0.05, 0.1) is 6.04 Å². The molecule has 1 rings (SSSR count). The van der Waals surface area contributed by atoms with Crippen molar-refractivity contribution in [2.75, 3.05) is 0 Å². The number of benzene rings is 1. The minimum atomic E-state index is -0.230. The quantitative estimate of drug-likeness (QED) is 0.706. The van der Waals surface area contributed by atoms with Crippen LogP contribution in [0, 0.1) is 12.7 Å². The Morgan fingerprint density at radius 2 is 2.23 bits per heavy atom. The largest absolute Gasteiger partial charge is 0.316 e. The Kier molecular flexibility index (Phi) is 3.39. The first-order valence-electron chi connectivity index (χ1n) is 4.34. The summed E-state index contributed by atoms with van der Waals surface area (Å²) in [6.07, 6.45) is 0.721. The summed E-state index contributed by atoms with van der Waals surface area (Å²) in [5.41, 5.74) is 3.54. The SMILES string of the molecule is CCC(NO)c1ccc(C)c(F)c1. The minimum Gasteiger partial charge on any atom is -0.316 e. The van der Waals surface area contributed by atoms with Gasteiger partial charge in [-0.3, -0.25) is 0 Å². The van der Waals surface area contributed by atoms with E-state index in [4.69, 9.17) is 5.21 Å². The lowest BCUT2D eigenvalue weighted by molar-refractivity contribution is 0.124. The van der Waals surface area contributed by atoms with Crippen molar-refractivity contribution in [3.8, 4) is 0 Å². The lowest BCUT2D eigenvalue weighted by atomic mass is 10.0. The molecular formula is C10H14FNO. The van der Waals surface area contributed by atoms with Crippen LogP contribution in [0.1, 0.15) is 30.5 Å². The van der Waals surface area contributed by atoms with E-state index in [1.54, 1.807) is 13.0 Å². The van der Waals surface area contributed by atoms with Crippen LogP contribution in [0.2, 0.25) is 0 Å². The summed E-state index contributed by atoms with van der Waals surface area (Å²) >= 11 is 0. The minimum absolute atomic E-state index is 0.185. The van der Waals surface area contributed by atoms with Crippen LogP contribution in [0.25, 0.3) is 0 Å². The summed E-state index contributed by atoms with van der Waals surface area (Å²) in [4.78, 5) is 0. The van der Waals surface area contributed by atoms with E-state index in [0.29, 0.717) is 5.56 Å². The summed E-state index contributed by atoms with van der Waals surface area (Å²) < 4.78 is 13.1. The van der Waals surface area contributed by atoms with E-state index in [1.165, 1.54) is 6.07 Å². The van der Waals surface area contributed by atoms with E-state index < -0.39 is 0 Å². The van der Waals surface area contributed by atoms with Crippen LogP contribution >= 0.6 is 0 Å². The van der Waals surface area contributed by atoms with Gasteiger partial charge in [-0.2, -0.15) is 5.48 Å². The van der Waals surface area contributed by atoms with Gasteiger partial charge in [0.2, 0.25) is 0 Å². The molecule has 1 aromatic carbocycles. The van der Waals surface area contributed by atoms with E-state index in [9.17, 15) is 4.39 Å². The van der Waals surface area contributed by atoms with Crippen LogP contribution in [0.3, 0.4) is 0 Å². The lowest BCUT2D eigenvalue weighted by Crippen LogP contribution is -2.16. The van der Waals surface area contributed by atoms with Gasteiger partial charge in [-0.15, -0.1) is 0 Å². The summed E-state index contributed by atoms with van der Waals surface area (Å²) in [6.45, 7) is 3.64. The van der Waals surface area contributed by atoms with Crippen molar-refractivity contribution in [2.24, 2.45) is 0 Å². The molecule has 0 aromatic heterocycles. The van der Waals surface area contributed by atoms with Crippen LogP contribution in [0.15, 0.2) is 18.2 Å². The molecule has 0 spiro atoms. The Balaban J connectivity index is 2.95. The zero-order valence-electron chi connectivity index (χ0n) is 7.84. The third kappa shape index (κ3) is 2.26. The molecule has 0 radical (unpaired) electrons. The van der Waals surface area contributed by atoms with Crippen molar-refractivity contribution < 1.29 is 9.60 Å². The van der Waals surface area contributed by atoms with Crippen LogP contribution < -0.4 is 5.48 Å². The van der Waals surface area contributed by atoms with E-state index in [-0.39, 0.29) is 11.9 Å². The van der Waals surface area contributed by atoms with Gasteiger partial charge in [0, 0.05) is 0 Å². The highest BCUT2D eigenvalue weighted by atomic mass is 19.1. The number of hydrogen-bond donors (Lipinski definition) is 2. The molecule has 0 saturated carbocycles. The van der Waals surface area contributed by atoms with Crippen molar-refractivity contribution in [1.29, 1.82) is 0 Å². The van der Waals surface area contributed by atoms with Crippen LogP contribution in [-0.4, -0.2) is 5.21 Å². The predicted molar refractivity (Wildman–Crippen MR) is 49.1 cm³/mol. The Hall–Kier alpha value is -0.930. The molecule has 3 heteroatoms. The summed E-state index contributed by atoms with van der Waals surface area (Å²) in [5.74, 6) is -0.230. The van der Waals surface area contributed by atoms with Gasteiger partial charge in [0.15, 0.2) is 0 Å². The summed E-state index contributed by atoms with van der Waals surface area (Å²) in [6, 6.07) is 4.79. The molecule has 0 aliphatic rings. The van der Waals surface area contributed by atoms with Gasteiger partial charge in [-0.05, 0) is 30.5 Å². The van der Waals surface area contributed by atoms with E-state index in [1.807, 2.05) is 13.0 Å². The predicted octanol–water partition coefficient (Wildman–Crippen LogP) is 2.56. The molecule has 2 nitrogen and oxygen atoms in total. The standard InChI is InChI=1S/C10H14FNO/c1-3-10(12-13)8-5-4-7(2)9(11)6-8/h4-6,10,12-13H,3H2,1-2H3. The summed E-state index contributed by atoms with van der Waals surface area (Å²) in [7, 11) is 0. The maximum atomic E-state index is 13.1. The van der Waals surface area contributed by atoms with E-state index in [0.717, 1.165) is 12.0 Å². The average molecular weight is 183 g/mol. The Morgan fingerprint density at radius 1 is 1.54 bits per heavy atom. The number of aryl methyl sites for hydroxylation is 1. The fourth-order valence-electron chi connectivity index (χ4n) is 1.23. The van der Waals surface area contributed by atoms with Gasteiger partial charge in [-0.1, -0.05) is 19.1 Å². The molecule has 0 saturated heterocycles. The molecule has 0 aliphatic carbocycles. The molecule has 72 valence electrons. The first kappa shape index (κ1) is 10.2. The monoisotopic (exact) mass is 183 g/mol. The van der Waals surface area contributed by atoms with Crippen molar-refractivity contribution in [2.45, 2.75) is 26.3 Å². The van der Waals surface area contributed by atoms with Gasteiger partial charge in [0.1, 0.15) is 5.82 Å². The Morgan fingerprint density at radius 3 is 2.69 bits per heavy atom. The van der Waals surface area contributed by atoms with Crippen LogP contribution in [0.4, 0.5) is 4.39 Å².